The monoisotopic (exact) mass is 399 g/mol. The first kappa shape index (κ1) is 19.4. The maximum Gasteiger partial charge on any atom is 0.329 e. The SMILES string of the molecule is CCc1ccccc1NC(=O)CN1C(=O)N/C(=C/c2ccc(O)c(Cl)c2)C1=O. The van der Waals surface area contributed by atoms with Gasteiger partial charge in [-0.3, -0.25) is 9.59 Å². The highest BCUT2D eigenvalue weighted by Crippen LogP contribution is 2.25. The summed E-state index contributed by atoms with van der Waals surface area (Å²) < 4.78 is 0. The number of carbonyl (C=O) groups excluding carboxylic acids is 3. The summed E-state index contributed by atoms with van der Waals surface area (Å²) in [5, 5.41) is 14.7. The second-order valence-corrected chi connectivity index (χ2v) is 6.56. The molecule has 28 heavy (non-hydrogen) atoms. The van der Waals surface area contributed by atoms with Crippen molar-refractivity contribution in [3.8, 4) is 5.75 Å². The Morgan fingerprint density at radius 1 is 1.25 bits per heavy atom. The molecule has 0 atom stereocenters. The molecule has 2 aromatic carbocycles. The van der Waals surface area contributed by atoms with Crippen molar-refractivity contribution >= 4 is 41.2 Å². The van der Waals surface area contributed by atoms with Crippen LogP contribution < -0.4 is 10.6 Å². The van der Waals surface area contributed by atoms with E-state index >= 15 is 0 Å². The van der Waals surface area contributed by atoms with Crippen LogP contribution in [0.25, 0.3) is 6.08 Å². The molecule has 1 saturated heterocycles. The summed E-state index contributed by atoms with van der Waals surface area (Å²) in [7, 11) is 0. The third-order valence-corrected chi connectivity index (χ3v) is 4.52. The number of imide groups is 1. The molecule has 0 radical (unpaired) electrons. The van der Waals surface area contributed by atoms with Gasteiger partial charge in [0.25, 0.3) is 5.91 Å². The number of phenols is 1. The normalized spacial score (nSPS) is 15.1. The van der Waals surface area contributed by atoms with Crippen molar-refractivity contribution in [3.63, 3.8) is 0 Å². The van der Waals surface area contributed by atoms with Crippen molar-refractivity contribution in [1.82, 2.24) is 10.2 Å². The zero-order valence-electron chi connectivity index (χ0n) is 15.0. The molecule has 0 spiro atoms. The number of aryl methyl sites for hydroxylation is 1. The second-order valence-electron chi connectivity index (χ2n) is 6.15. The number of aromatic hydroxyl groups is 1. The van der Waals surface area contributed by atoms with Gasteiger partial charge in [0.2, 0.25) is 5.91 Å². The van der Waals surface area contributed by atoms with Gasteiger partial charge in [-0.05, 0) is 41.8 Å². The summed E-state index contributed by atoms with van der Waals surface area (Å²) in [6.07, 6.45) is 2.16. The van der Waals surface area contributed by atoms with Gasteiger partial charge in [-0.25, -0.2) is 9.69 Å². The van der Waals surface area contributed by atoms with Gasteiger partial charge in [0.15, 0.2) is 0 Å². The number of benzene rings is 2. The molecule has 4 amide bonds. The van der Waals surface area contributed by atoms with Gasteiger partial charge in [-0.1, -0.05) is 42.8 Å². The van der Waals surface area contributed by atoms with E-state index in [9.17, 15) is 19.5 Å². The zero-order valence-corrected chi connectivity index (χ0v) is 15.8. The molecule has 144 valence electrons. The minimum absolute atomic E-state index is 0.0218. The fraction of sp³-hybridized carbons (Fsp3) is 0.150. The van der Waals surface area contributed by atoms with Crippen LogP contribution in [-0.4, -0.2) is 34.4 Å². The fourth-order valence-corrected chi connectivity index (χ4v) is 2.97. The lowest BCUT2D eigenvalue weighted by atomic mass is 10.1. The van der Waals surface area contributed by atoms with E-state index in [1.165, 1.54) is 18.2 Å². The highest BCUT2D eigenvalue weighted by Gasteiger charge is 2.35. The molecular formula is C20H18ClN3O4. The van der Waals surface area contributed by atoms with Crippen molar-refractivity contribution in [1.29, 1.82) is 0 Å². The Kier molecular flexibility index (Phi) is 5.65. The molecule has 1 aliphatic rings. The molecule has 1 heterocycles. The van der Waals surface area contributed by atoms with Crippen molar-refractivity contribution in [2.24, 2.45) is 0 Å². The molecule has 2 aromatic rings. The average molecular weight is 400 g/mol. The number of hydrogen-bond donors (Lipinski definition) is 3. The predicted octanol–water partition coefficient (Wildman–Crippen LogP) is 3.14. The largest absolute Gasteiger partial charge is 0.506 e. The molecule has 7 nitrogen and oxygen atoms in total. The van der Waals surface area contributed by atoms with E-state index in [-0.39, 0.29) is 16.5 Å². The number of phenolic OH excluding ortho intramolecular Hbond substituents is 1. The maximum atomic E-state index is 12.5. The molecule has 0 aromatic heterocycles. The number of rotatable bonds is 5. The average Bonchev–Trinajstić information content (AvgIpc) is 2.92. The molecule has 0 unspecified atom stereocenters. The number of carbonyl (C=O) groups is 3. The number of hydrogen-bond acceptors (Lipinski definition) is 4. The molecule has 0 saturated carbocycles. The van der Waals surface area contributed by atoms with Gasteiger partial charge < -0.3 is 15.7 Å². The Morgan fingerprint density at radius 3 is 2.71 bits per heavy atom. The summed E-state index contributed by atoms with van der Waals surface area (Å²) in [4.78, 5) is 37.8. The summed E-state index contributed by atoms with van der Waals surface area (Å²) in [6.45, 7) is 1.56. The van der Waals surface area contributed by atoms with Crippen LogP contribution in [0.3, 0.4) is 0 Å². The predicted molar refractivity (Wildman–Crippen MR) is 106 cm³/mol. The van der Waals surface area contributed by atoms with E-state index in [0.29, 0.717) is 11.3 Å². The first-order chi connectivity index (χ1) is 13.4. The van der Waals surface area contributed by atoms with Gasteiger partial charge >= 0.3 is 6.03 Å². The zero-order chi connectivity index (χ0) is 20.3. The molecular weight excluding hydrogens is 382 g/mol. The Bertz CT molecular complexity index is 987. The van der Waals surface area contributed by atoms with Crippen LogP contribution in [0.1, 0.15) is 18.1 Å². The van der Waals surface area contributed by atoms with Crippen LogP contribution >= 0.6 is 11.6 Å². The Labute approximate surface area is 166 Å². The molecule has 3 N–H and O–H groups in total. The second kappa shape index (κ2) is 8.14. The quantitative estimate of drug-likeness (QED) is 0.531. The summed E-state index contributed by atoms with van der Waals surface area (Å²) in [5.41, 5.74) is 2.15. The van der Waals surface area contributed by atoms with Crippen LogP contribution in [-0.2, 0) is 16.0 Å². The lowest BCUT2D eigenvalue weighted by Crippen LogP contribution is -2.38. The maximum absolute atomic E-state index is 12.5. The van der Waals surface area contributed by atoms with Crippen molar-refractivity contribution in [2.45, 2.75) is 13.3 Å². The Hall–Kier alpha value is -3.32. The molecule has 1 aliphatic heterocycles. The van der Waals surface area contributed by atoms with Crippen LogP contribution in [0.4, 0.5) is 10.5 Å². The number of nitrogens with zero attached hydrogens (tertiary/aromatic N) is 1. The number of urea groups is 1. The van der Waals surface area contributed by atoms with Gasteiger partial charge in [0.05, 0.1) is 5.02 Å². The van der Waals surface area contributed by atoms with Gasteiger partial charge in [-0.15, -0.1) is 0 Å². The lowest BCUT2D eigenvalue weighted by molar-refractivity contribution is -0.127. The third-order valence-electron chi connectivity index (χ3n) is 4.22. The van der Waals surface area contributed by atoms with E-state index in [2.05, 4.69) is 10.6 Å². The molecule has 8 heteroatoms. The van der Waals surface area contributed by atoms with Crippen LogP contribution in [0.2, 0.25) is 5.02 Å². The fourth-order valence-electron chi connectivity index (χ4n) is 2.78. The molecule has 0 bridgehead atoms. The first-order valence-electron chi connectivity index (χ1n) is 8.60. The van der Waals surface area contributed by atoms with Gasteiger partial charge in [-0.2, -0.15) is 0 Å². The molecule has 0 aliphatic carbocycles. The Balaban J connectivity index is 1.72. The van der Waals surface area contributed by atoms with Crippen molar-refractivity contribution in [3.05, 3.63) is 64.3 Å². The summed E-state index contributed by atoms with van der Waals surface area (Å²) >= 11 is 5.85. The van der Waals surface area contributed by atoms with E-state index < -0.39 is 24.4 Å². The topological polar surface area (TPSA) is 98.7 Å². The van der Waals surface area contributed by atoms with E-state index in [0.717, 1.165) is 16.9 Å². The van der Waals surface area contributed by atoms with Crippen LogP contribution in [0.5, 0.6) is 5.75 Å². The number of anilines is 1. The number of halogens is 1. The smallest absolute Gasteiger partial charge is 0.329 e. The number of nitrogens with one attached hydrogen (secondary N) is 2. The van der Waals surface area contributed by atoms with Crippen molar-refractivity contribution < 1.29 is 19.5 Å². The number of amides is 4. The van der Waals surface area contributed by atoms with Crippen LogP contribution in [0, 0.1) is 0 Å². The molecule has 1 fully saturated rings. The van der Waals surface area contributed by atoms with Crippen LogP contribution in [0.15, 0.2) is 48.2 Å². The first-order valence-corrected chi connectivity index (χ1v) is 8.97. The Morgan fingerprint density at radius 2 is 2.00 bits per heavy atom. The summed E-state index contributed by atoms with van der Waals surface area (Å²) in [6, 6.07) is 11.0. The minimum Gasteiger partial charge on any atom is -0.506 e. The lowest BCUT2D eigenvalue weighted by Gasteiger charge is -2.13. The highest BCUT2D eigenvalue weighted by molar-refractivity contribution is 6.32. The van der Waals surface area contributed by atoms with Crippen molar-refractivity contribution in [2.75, 3.05) is 11.9 Å². The van der Waals surface area contributed by atoms with E-state index in [1.54, 1.807) is 18.2 Å². The summed E-state index contributed by atoms with van der Waals surface area (Å²) in [5.74, 6) is -1.18. The molecule has 3 rings (SSSR count). The highest BCUT2D eigenvalue weighted by atomic mass is 35.5. The standard InChI is InChI=1S/C20H18ClN3O4/c1-2-13-5-3-4-6-15(13)22-18(26)11-24-19(27)16(23-20(24)28)10-12-7-8-17(25)14(21)9-12/h3-10,25H,2,11H2,1H3,(H,22,26)(H,23,28)/b16-10+. The van der Waals surface area contributed by atoms with Gasteiger partial charge in [0, 0.05) is 5.69 Å². The van der Waals surface area contributed by atoms with E-state index in [4.69, 9.17) is 11.6 Å². The third kappa shape index (κ3) is 4.15. The van der Waals surface area contributed by atoms with Gasteiger partial charge in [0.1, 0.15) is 18.0 Å². The van der Waals surface area contributed by atoms with E-state index in [1.807, 2.05) is 19.1 Å². The minimum atomic E-state index is -0.681. The number of para-hydroxylation sites is 1.